The molecule has 4 nitrogen and oxygen atoms in total. The molecule has 1 fully saturated rings. The Balaban J connectivity index is 2.12. The predicted octanol–water partition coefficient (Wildman–Crippen LogP) is 2.94. The van der Waals surface area contributed by atoms with Gasteiger partial charge in [-0.15, -0.1) is 0 Å². The van der Waals surface area contributed by atoms with E-state index >= 15 is 0 Å². The van der Waals surface area contributed by atoms with Crippen molar-refractivity contribution in [2.24, 2.45) is 11.7 Å². The molecule has 0 bridgehead atoms. The van der Waals surface area contributed by atoms with Gasteiger partial charge in [0.15, 0.2) is 0 Å². The molecule has 1 amide bonds. The SMILES string of the molecule is CO[C@]1([C@@H]2CCCC(F)(F)C2)CN(CC(N)=O)c2c(F)ccc(F)c21. The molecule has 1 aliphatic heterocycles. The van der Waals surface area contributed by atoms with E-state index in [1.165, 1.54) is 12.0 Å². The maximum atomic E-state index is 14.6. The summed E-state index contributed by atoms with van der Waals surface area (Å²) in [5, 5.41) is 0. The molecule has 0 unspecified atom stereocenters. The van der Waals surface area contributed by atoms with Crippen molar-refractivity contribution >= 4 is 11.6 Å². The maximum absolute atomic E-state index is 14.6. The smallest absolute Gasteiger partial charge is 0.248 e. The van der Waals surface area contributed by atoms with Crippen molar-refractivity contribution in [3.63, 3.8) is 0 Å². The molecule has 2 aliphatic rings. The highest BCUT2D eigenvalue weighted by Crippen LogP contribution is 2.53. The fourth-order valence-corrected chi connectivity index (χ4v) is 4.25. The van der Waals surface area contributed by atoms with Gasteiger partial charge in [-0.1, -0.05) is 0 Å². The molecule has 2 atom stereocenters. The van der Waals surface area contributed by atoms with Gasteiger partial charge in [-0.3, -0.25) is 4.79 Å². The molecular formula is C17H20F4N2O2. The predicted molar refractivity (Wildman–Crippen MR) is 83.4 cm³/mol. The van der Waals surface area contributed by atoms with E-state index in [1.807, 2.05) is 0 Å². The van der Waals surface area contributed by atoms with Crippen LogP contribution in [0.2, 0.25) is 0 Å². The number of hydrogen-bond acceptors (Lipinski definition) is 3. The molecule has 25 heavy (non-hydrogen) atoms. The highest BCUT2D eigenvalue weighted by Gasteiger charge is 2.55. The third-order valence-electron chi connectivity index (χ3n) is 5.25. The van der Waals surface area contributed by atoms with Crippen molar-refractivity contribution in [3.8, 4) is 0 Å². The third kappa shape index (κ3) is 2.96. The number of amides is 1. The Labute approximate surface area is 142 Å². The lowest BCUT2D eigenvalue weighted by atomic mass is 9.72. The van der Waals surface area contributed by atoms with Gasteiger partial charge in [0.05, 0.1) is 18.8 Å². The summed E-state index contributed by atoms with van der Waals surface area (Å²) in [6.45, 7) is -0.442. The summed E-state index contributed by atoms with van der Waals surface area (Å²) in [5.41, 5.74) is 3.54. The van der Waals surface area contributed by atoms with Crippen LogP contribution in [0, 0.1) is 17.6 Å². The van der Waals surface area contributed by atoms with Crippen molar-refractivity contribution in [2.45, 2.75) is 37.2 Å². The van der Waals surface area contributed by atoms with Crippen LogP contribution in [-0.4, -0.2) is 32.0 Å². The van der Waals surface area contributed by atoms with E-state index in [-0.39, 0.29) is 37.2 Å². The molecule has 8 heteroatoms. The monoisotopic (exact) mass is 360 g/mol. The highest BCUT2D eigenvalue weighted by atomic mass is 19.3. The first-order chi connectivity index (χ1) is 11.7. The van der Waals surface area contributed by atoms with E-state index < -0.39 is 41.4 Å². The number of anilines is 1. The van der Waals surface area contributed by atoms with E-state index in [0.29, 0.717) is 6.42 Å². The van der Waals surface area contributed by atoms with Crippen molar-refractivity contribution in [2.75, 3.05) is 25.1 Å². The van der Waals surface area contributed by atoms with Gasteiger partial charge < -0.3 is 15.4 Å². The molecular weight excluding hydrogens is 340 g/mol. The van der Waals surface area contributed by atoms with Gasteiger partial charge in [0.2, 0.25) is 11.8 Å². The van der Waals surface area contributed by atoms with Crippen LogP contribution in [0.25, 0.3) is 0 Å². The number of benzene rings is 1. The Bertz CT molecular complexity index is 697. The van der Waals surface area contributed by atoms with Gasteiger partial charge in [0.25, 0.3) is 0 Å². The number of hydrogen-bond donors (Lipinski definition) is 1. The summed E-state index contributed by atoms with van der Waals surface area (Å²) in [6.07, 6.45) is -0.0263. The molecule has 1 aromatic carbocycles. The molecule has 1 saturated carbocycles. The molecule has 0 spiro atoms. The second-order valence-corrected chi connectivity index (χ2v) is 6.82. The van der Waals surface area contributed by atoms with Gasteiger partial charge in [-0.05, 0) is 30.9 Å². The quantitative estimate of drug-likeness (QED) is 0.840. The van der Waals surface area contributed by atoms with Crippen LogP contribution in [0.3, 0.4) is 0 Å². The topological polar surface area (TPSA) is 55.6 Å². The van der Waals surface area contributed by atoms with Crippen LogP contribution < -0.4 is 10.6 Å². The highest BCUT2D eigenvalue weighted by molar-refractivity contribution is 5.81. The number of fused-ring (bicyclic) bond motifs is 1. The normalized spacial score (nSPS) is 28.0. The molecule has 2 N–H and O–H groups in total. The Morgan fingerprint density at radius 1 is 1.36 bits per heavy atom. The van der Waals surface area contributed by atoms with Gasteiger partial charge in [0.1, 0.15) is 17.2 Å². The second kappa shape index (κ2) is 6.16. The van der Waals surface area contributed by atoms with E-state index in [9.17, 15) is 22.4 Å². The first kappa shape index (κ1) is 18.0. The number of alkyl halides is 2. The number of primary amides is 1. The minimum Gasteiger partial charge on any atom is -0.371 e. The van der Waals surface area contributed by atoms with Crippen molar-refractivity contribution in [1.29, 1.82) is 0 Å². The van der Waals surface area contributed by atoms with Gasteiger partial charge in [-0.25, -0.2) is 17.6 Å². The Morgan fingerprint density at radius 3 is 2.64 bits per heavy atom. The van der Waals surface area contributed by atoms with E-state index in [4.69, 9.17) is 10.5 Å². The first-order valence-corrected chi connectivity index (χ1v) is 8.15. The standard InChI is InChI=1S/C17H20F4N2O2/c1-25-17(10-3-2-6-16(20,21)7-10)9-23(8-13(22)24)15-12(19)5-4-11(18)14(15)17/h4-5,10H,2-3,6-9H2,1H3,(H2,22,24)/t10-,17+/m1/s1. The number of carbonyl (C=O) groups excluding carboxylic acids is 1. The number of halogens is 4. The van der Waals surface area contributed by atoms with Crippen LogP contribution in [0.15, 0.2) is 12.1 Å². The minimum absolute atomic E-state index is 0.0969. The number of nitrogens with zero attached hydrogens (tertiary/aromatic N) is 1. The molecule has 0 radical (unpaired) electrons. The Hall–Kier alpha value is -1.83. The summed E-state index contributed by atoms with van der Waals surface area (Å²) in [5.74, 6) is -5.78. The molecule has 0 saturated heterocycles. The number of methoxy groups -OCH3 is 1. The van der Waals surface area contributed by atoms with Crippen LogP contribution in [-0.2, 0) is 15.1 Å². The Kier molecular flexibility index (Phi) is 4.43. The fraction of sp³-hybridized carbons (Fsp3) is 0.588. The van der Waals surface area contributed by atoms with Crippen molar-refractivity contribution < 1.29 is 27.1 Å². The summed E-state index contributed by atoms with van der Waals surface area (Å²) >= 11 is 0. The molecule has 0 aromatic heterocycles. The molecule has 138 valence electrons. The summed E-state index contributed by atoms with van der Waals surface area (Å²) in [4.78, 5) is 12.6. The number of nitrogens with two attached hydrogens (primary N) is 1. The molecule has 1 aliphatic carbocycles. The second-order valence-electron chi connectivity index (χ2n) is 6.82. The summed E-state index contributed by atoms with van der Waals surface area (Å²) in [7, 11) is 1.30. The van der Waals surface area contributed by atoms with Crippen molar-refractivity contribution in [3.05, 3.63) is 29.3 Å². The third-order valence-corrected chi connectivity index (χ3v) is 5.25. The number of carbonyl (C=O) groups is 1. The summed E-state index contributed by atoms with van der Waals surface area (Å²) < 4.78 is 62.5. The largest absolute Gasteiger partial charge is 0.371 e. The lowest BCUT2D eigenvalue weighted by Gasteiger charge is -2.41. The van der Waals surface area contributed by atoms with Crippen LogP contribution in [0.1, 0.15) is 31.2 Å². The minimum atomic E-state index is -2.88. The number of ether oxygens (including phenoxy) is 1. The zero-order valence-electron chi connectivity index (χ0n) is 13.8. The van der Waals surface area contributed by atoms with Gasteiger partial charge in [-0.2, -0.15) is 0 Å². The van der Waals surface area contributed by atoms with Crippen molar-refractivity contribution in [1.82, 2.24) is 0 Å². The zero-order chi connectivity index (χ0) is 18.4. The first-order valence-electron chi connectivity index (χ1n) is 8.15. The lowest BCUT2D eigenvalue weighted by molar-refractivity contribution is -0.125. The average molecular weight is 360 g/mol. The number of rotatable bonds is 4. The van der Waals surface area contributed by atoms with Crippen LogP contribution in [0.4, 0.5) is 23.2 Å². The van der Waals surface area contributed by atoms with E-state index in [2.05, 4.69) is 0 Å². The maximum Gasteiger partial charge on any atom is 0.248 e. The van der Waals surface area contributed by atoms with Gasteiger partial charge in [0, 0.05) is 25.5 Å². The molecule has 3 rings (SSSR count). The van der Waals surface area contributed by atoms with Gasteiger partial charge >= 0.3 is 0 Å². The zero-order valence-corrected chi connectivity index (χ0v) is 13.8. The van der Waals surface area contributed by atoms with Crippen LogP contribution >= 0.6 is 0 Å². The van der Waals surface area contributed by atoms with E-state index in [0.717, 1.165) is 12.1 Å². The Morgan fingerprint density at radius 2 is 2.04 bits per heavy atom. The van der Waals surface area contributed by atoms with Crippen LogP contribution in [0.5, 0.6) is 0 Å². The van der Waals surface area contributed by atoms with E-state index in [1.54, 1.807) is 0 Å². The fourth-order valence-electron chi connectivity index (χ4n) is 4.25. The molecule has 1 aromatic rings. The molecule has 1 heterocycles. The average Bonchev–Trinajstić information content (AvgIpc) is 2.86. The lowest BCUT2D eigenvalue weighted by Crippen LogP contribution is -2.47. The summed E-state index contributed by atoms with van der Waals surface area (Å²) in [6, 6.07) is 1.90.